The Morgan fingerprint density at radius 2 is 2.17 bits per heavy atom. The van der Waals surface area contributed by atoms with E-state index in [9.17, 15) is 18.4 Å². The maximum Gasteiger partial charge on any atom is 0.255 e. The van der Waals surface area contributed by atoms with Crippen LogP contribution in [0.1, 0.15) is 11.3 Å². The van der Waals surface area contributed by atoms with Crippen molar-refractivity contribution >= 4 is 23.4 Å². The summed E-state index contributed by atoms with van der Waals surface area (Å²) in [4.78, 5) is 30.3. The Labute approximate surface area is 140 Å². The van der Waals surface area contributed by atoms with Gasteiger partial charge in [0.25, 0.3) is 5.56 Å². The fourth-order valence-electron chi connectivity index (χ4n) is 1.97. The predicted molar refractivity (Wildman–Crippen MR) is 86.1 cm³/mol. The number of amides is 1. The molecule has 1 aromatic carbocycles. The molecule has 0 bridgehead atoms. The summed E-state index contributed by atoms with van der Waals surface area (Å²) in [5, 5.41) is 11.4. The maximum absolute atomic E-state index is 13.4. The number of aliphatic hydroxyl groups is 1. The Morgan fingerprint density at radius 3 is 2.83 bits per heavy atom. The number of thioether (sulfide) groups is 1. The molecule has 1 aromatic heterocycles. The zero-order chi connectivity index (χ0) is 17.7. The van der Waals surface area contributed by atoms with Gasteiger partial charge >= 0.3 is 0 Å². The molecule has 6 nitrogen and oxygen atoms in total. The molecular weight excluding hydrogens is 340 g/mol. The Bertz CT molecular complexity index is 811. The van der Waals surface area contributed by atoms with Gasteiger partial charge in [0.1, 0.15) is 11.6 Å². The molecule has 0 saturated carbocycles. The number of aliphatic hydroxyl groups excluding tert-OH is 1. The number of aromatic amines is 1. The molecule has 0 saturated heterocycles. The van der Waals surface area contributed by atoms with Crippen LogP contribution in [0.15, 0.2) is 28.2 Å². The van der Waals surface area contributed by atoms with Crippen molar-refractivity contribution in [2.45, 2.75) is 18.5 Å². The van der Waals surface area contributed by atoms with Crippen LogP contribution >= 0.6 is 11.8 Å². The molecule has 9 heteroatoms. The van der Waals surface area contributed by atoms with E-state index in [2.05, 4.69) is 15.3 Å². The van der Waals surface area contributed by atoms with Crippen molar-refractivity contribution in [2.75, 3.05) is 17.7 Å². The van der Waals surface area contributed by atoms with Crippen LogP contribution in [0, 0.1) is 18.6 Å². The normalized spacial score (nSPS) is 10.7. The van der Waals surface area contributed by atoms with Gasteiger partial charge in [-0.05, 0) is 19.1 Å². The number of carbonyl (C=O) groups is 1. The van der Waals surface area contributed by atoms with Crippen LogP contribution in [0.25, 0.3) is 0 Å². The van der Waals surface area contributed by atoms with Gasteiger partial charge in [0.15, 0.2) is 5.16 Å². The minimum atomic E-state index is -0.745. The number of carbonyl (C=O) groups excluding carboxylic acids is 1. The molecule has 1 heterocycles. The second-order valence-corrected chi connectivity index (χ2v) is 5.83. The van der Waals surface area contributed by atoms with E-state index in [1.54, 1.807) is 6.92 Å². The maximum atomic E-state index is 13.4. The van der Waals surface area contributed by atoms with Gasteiger partial charge in [-0.2, -0.15) is 0 Å². The number of hydrogen-bond donors (Lipinski definition) is 3. The first-order valence-corrected chi connectivity index (χ1v) is 7.97. The smallest absolute Gasteiger partial charge is 0.255 e. The highest BCUT2D eigenvalue weighted by atomic mass is 32.2. The number of anilines is 1. The topological polar surface area (TPSA) is 95.1 Å². The standard InChI is InChI=1S/C15H15F2N3O3S/c1-8-10(4-5-21)14(23)20-15(18-8)24-7-13(22)19-12-6-9(16)2-3-11(12)17/h2-3,6,21H,4-5,7H2,1H3,(H,19,22)(H,18,20,23). The van der Waals surface area contributed by atoms with Crippen molar-refractivity contribution in [3.63, 3.8) is 0 Å². The Kier molecular flexibility index (Phi) is 6.04. The molecule has 2 aromatic rings. The zero-order valence-corrected chi connectivity index (χ0v) is 13.5. The molecule has 0 spiro atoms. The summed E-state index contributed by atoms with van der Waals surface area (Å²) in [6.07, 6.45) is 0.193. The first kappa shape index (κ1) is 18.1. The van der Waals surface area contributed by atoms with Crippen LogP contribution in [0.3, 0.4) is 0 Å². The van der Waals surface area contributed by atoms with Gasteiger partial charge in [0.2, 0.25) is 5.91 Å². The van der Waals surface area contributed by atoms with E-state index < -0.39 is 17.5 Å². The summed E-state index contributed by atoms with van der Waals surface area (Å²) in [5.41, 5.74) is 0.215. The lowest BCUT2D eigenvalue weighted by molar-refractivity contribution is -0.113. The molecule has 1 amide bonds. The summed E-state index contributed by atoms with van der Waals surface area (Å²) < 4.78 is 26.5. The van der Waals surface area contributed by atoms with E-state index in [4.69, 9.17) is 5.11 Å². The predicted octanol–water partition coefficient (Wildman–Crippen LogP) is 1.62. The summed E-state index contributed by atoms with van der Waals surface area (Å²) in [6, 6.07) is 2.75. The van der Waals surface area contributed by atoms with Gasteiger partial charge in [-0.3, -0.25) is 9.59 Å². The van der Waals surface area contributed by atoms with Crippen molar-refractivity contribution in [1.29, 1.82) is 0 Å². The average molecular weight is 355 g/mol. The average Bonchev–Trinajstić information content (AvgIpc) is 2.52. The second-order valence-electron chi connectivity index (χ2n) is 4.87. The zero-order valence-electron chi connectivity index (χ0n) is 12.7. The third-order valence-electron chi connectivity index (χ3n) is 3.10. The molecule has 0 atom stereocenters. The van der Waals surface area contributed by atoms with Gasteiger partial charge in [-0.25, -0.2) is 13.8 Å². The quantitative estimate of drug-likeness (QED) is 0.541. The van der Waals surface area contributed by atoms with E-state index in [-0.39, 0.29) is 35.2 Å². The summed E-state index contributed by atoms with van der Waals surface area (Å²) in [6.45, 7) is 1.46. The van der Waals surface area contributed by atoms with Crippen molar-refractivity contribution in [1.82, 2.24) is 9.97 Å². The summed E-state index contributed by atoms with van der Waals surface area (Å²) >= 11 is 0.956. The Balaban J connectivity index is 2.01. The van der Waals surface area contributed by atoms with Gasteiger partial charge < -0.3 is 15.4 Å². The molecular formula is C15H15F2N3O3S. The van der Waals surface area contributed by atoms with E-state index in [1.165, 1.54) is 0 Å². The highest BCUT2D eigenvalue weighted by Crippen LogP contribution is 2.17. The molecule has 0 aliphatic rings. The minimum Gasteiger partial charge on any atom is -0.396 e. The lowest BCUT2D eigenvalue weighted by Crippen LogP contribution is -2.20. The number of rotatable bonds is 6. The van der Waals surface area contributed by atoms with Crippen LogP contribution in [0.4, 0.5) is 14.5 Å². The van der Waals surface area contributed by atoms with Gasteiger partial charge in [-0.1, -0.05) is 11.8 Å². The van der Waals surface area contributed by atoms with E-state index in [0.717, 1.165) is 30.0 Å². The molecule has 3 N–H and O–H groups in total. The fraction of sp³-hybridized carbons (Fsp3) is 0.267. The number of aromatic nitrogens is 2. The second kappa shape index (κ2) is 8.02. The van der Waals surface area contributed by atoms with Crippen LogP contribution in [0.2, 0.25) is 0 Å². The van der Waals surface area contributed by atoms with Crippen molar-refractivity contribution < 1.29 is 18.7 Å². The van der Waals surface area contributed by atoms with Gasteiger partial charge in [-0.15, -0.1) is 0 Å². The number of H-pyrrole nitrogens is 1. The van der Waals surface area contributed by atoms with Crippen LogP contribution < -0.4 is 10.9 Å². The lowest BCUT2D eigenvalue weighted by atomic mass is 10.2. The first-order valence-electron chi connectivity index (χ1n) is 6.99. The van der Waals surface area contributed by atoms with E-state index in [0.29, 0.717) is 11.3 Å². The number of hydrogen-bond acceptors (Lipinski definition) is 5. The van der Waals surface area contributed by atoms with Gasteiger partial charge in [0, 0.05) is 30.4 Å². The third-order valence-corrected chi connectivity index (χ3v) is 3.98. The minimum absolute atomic E-state index is 0.141. The van der Waals surface area contributed by atoms with E-state index >= 15 is 0 Å². The van der Waals surface area contributed by atoms with Crippen molar-refractivity contribution in [3.05, 3.63) is 51.4 Å². The number of nitrogens with one attached hydrogen (secondary N) is 2. The number of halogens is 2. The molecule has 24 heavy (non-hydrogen) atoms. The Hall–Kier alpha value is -2.26. The van der Waals surface area contributed by atoms with Crippen LogP contribution in [0.5, 0.6) is 0 Å². The lowest BCUT2D eigenvalue weighted by Gasteiger charge is -2.07. The summed E-state index contributed by atoms with van der Waals surface area (Å²) in [7, 11) is 0. The van der Waals surface area contributed by atoms with Crippen LogP contribution in [-0.4, -0.2) is 33.3 Å². The molecule has 2 rings (SSSR count). The summed E-state index contributed by atoms with van der Waals surface area (Å²) in [5.74, 6) is -2.12. The van der Waals surface area contributed by atoms with Crippen molar-refractivity contribution in [2.24, 2.45) is 0 Å². The monoisotopic (exact) mass is 355 g/mol. The molecule has 0 unspecified atom stereocenters. The highest BCUT2D eigenvalue weighted by molar-refractivity contribution is 7.99. The number of benzene rings is 1. The van der Waals surface area contributed by atoms with Crippen LogP contribution in [-0.2, 0) is 11.2 Å². The fourth-order valence-corrected chi connectivity index (χ4v) is 2.68. The van der Waals surface area contributed by atoms with E-state index in [1.807, 2.05) is 0 Å². The molecule has 128 valence electrons. The Morgan fingerprint density at radius 1 is 1.42 bits per heavy atom. The highest BCUT2D eigenvalue weighted by Gasteiger charge is 2.12. The van der Waals surface area contributed by atoms with Crippen molar-refractivity contribution in [3.8, 4) is 0 Å². The third kappa shape index (κ3) is 4.62. The number of aryl methyl sites for hydroxylation is 1. The van der Waals surface area contributed by atoms with Gasteiger partial charge in [0.05, 0.1) is 11.4 Å². The number of nitrogens with zero attached hydrogens (tertiary/aromatic N) is 1. The molecule has 0 aliphatic carbocycles. The molecule has 0 fully saturated rings. The first-order chi connectivity index (χ1) is 11.4. The molecule has 0 aliphatic heterocycles. The SMILES string of the molecule is Cc1nc(SCC(=O)Nc2cc(F)ccc2F)[nH]c(=O)c1CCO. The molecule has 0 radical (unpaired) electrons. The largest absolute Gasteiger partial charge is 0.396 e.